The smallest absolute Gasteiger partial charge is 0.347 e. The molecule has 0 heterocycles. The van der Waals surface area contributed by atoms with Crippen molar-refractivity contribution >= 4 is 17.8 Å². The number of esters is 1. The van der Waals surface area contributed by atoms with Crippen LogP contribution in [-0.4, -0.2) is 43.1 Å². The first-order chi connectivity index (χ1) is 11.9. The highest BCUT2D eigenvalue weighted by Crippen LogP contribution is 2.13. The Bertz CT molecular complexity index is 651. The summed E-state index contributed by atoms with van der Waals surface area (Å²) >= 11 is 0. The van der Waals surface area contributed by atoms with E-state index in [0.717, 1.165) is 0 Å². The maximum Gasteiger partial charge on any atom is 0.347 e. The van der Waals surface area contributed by atoms with Gasteiger partial charge in [0.15, 0.2) is 12.7 Å². The van der Waals surface area contributed by atoms with Crippen molar-refractivity contribution in [3.8, 4) is 11.8 Å². The first kappa shape index (κ1) is 20.0. The second kappa shape index (κ2) is 9.93. The number of nitrogens with one attached hydrogen (secondary N) is 2. The van der Waals surface area contributed by atoms with Crippen LogP contribution in [0.3, 0.4) is 0 Å². The molecule has 8 nitrogen and oxygen atoms in total. The van der Waals surface area contributed by atoms with Gasteiger partial charge < -0.3 is 20.1 Å². The molecule has 2 atom stereocenters. The van der Waals surface area contributed by atoms with E-state index in [2.05, 4.69) is 10.6 Å². The Morgan fingerprint density at radius 1 is 1.20 bits per heavy atom. The maximum atomic E-state index is 11.8. The van der Waals surface area contributed by atoms with Crippen molar-refractivity contribution in [2.24, 2.45) is 0 Å². The summed E-state index contributed by atoms with van der Waals surface area (Å²) in [6, 6.07) is 7.49. The third kappa shape index (κ3) is 6.91. The molecule has 1 aromatic carbocycles. The van der Waals surface area contributed by atoms with Crippen molar-refractivity contribution in [3.05, 3.63) is 29.8 Å². The molecule has 0 radical (unpaired) electrons. The molecule has 0 aromatic heterocycles. The summed E-state index contributed by atoms with van der Waals surface area (Å²) < 4.78 is 10.2. The second-order valence-corrected chi connectivity index (χ2v) is 5.19. The summed E-state index contributed by atoms with van der Waals surface area (Å²) in [5.41, 5.74) is 0.473. The zero-order chi connectivity index (χ0) is 18.8. The fourth-order valence-corrected chi connectivity index (χ4v) is 1.79. The molecular weight excluding hydrogens is 326 g/mol. The number of hydrogen-bond donors (Lipinski definition) is 2. The van der Waals surface area contributed by atoms with Gasteiger partial charge in [-0.2, -0.15) is 5.26 Å². The van der Waals surface area contributed by atoms with E-state index >= 15 is 0 Å². The lowest BCUT2D eigenvalue weighted by molar-refractivity contribution is -0.155. The SMILES string of the molecule is CCNC(=O)[C@@H](C)NC(=O)COC(=O)[C@H](C)Oc1ccc(C#N)cc1. The van der Waals surface area contributed by atoms with Crippen LogP contribution in [0.25, 0.3) is 0 Å². The fourth-order valence-electron chi connectivity index (χ4n) is 1.79. The van der Waals surface area contributed by atoms with Crippen molar-refractivity contribution < 1.29 is 23.9 Å². The summed E-state index contributed by atoms with van der Waals surface area (Å²) in [5, 5.41) is 13.7. The van der Waals surface area contributed by atoms with Gasteiger partial charge >= 0.3 is 5.97 Å². The summed E-state index contributed by atoms with van der Waals surface area (Å²) in [7, 11) is 0. The Morgan fingerprint density at radius 3 is 2.40 bits per heavy atom. The third-order valence-electron chi connectivity index (χ3n) is 3.10. The van der Waals surface area contributed by atoms with Gasteiger partial charge in [0.1, 0.15) is 11.8 Å². The summed E-state index contributed by atoms with van der Waals surface area (Å²) in [6.07, 6.45) is -0.929. The molecule has 0 saturated heterocycles. The molecule has 2 amide bonds. The van der Waals surface area contributed by atoms with E-state index in [1.807, 2.05) is 6.07 Å². The predicted octanol–water partition coefficient (Wildman–Crippen LogP) is 0.510. The van der Waals surface area contributed by atoms with E-state index in [-0.39, 0.29) is 5.91 Å². The molecule has 134 valence electrons. The van der Waals surface area contributed by atoms with Gasteiger partial charge in [0.25, 0.3) is 5.91 Å². The topological polar surface area (TPSA) is 118 Å². The first-order valence-corrected chi connectivity index (χ1v) is 7.77. The zero-order valence-electron chi connectivity index (χ0n) is 14.4. The number of carbonyl (C=O) groups excluding carboxylic acids is 3. The predicted molar refractivity (Wildman–Crippen MR) is 88.5 cm³/mol. The molecule has 0 unspecified atom stereocenters. The number of nitriles is 1. The third-order valence-corrected chi connectivity index (χ3v) is 3.10. The normalized spacial score (nSPS) is 12.2. The molecule has 25 heavy (non-hydrogen) atoms. The molecular formula is C17H21N3O5. The summed E-state index contributed by atoms with van der Waals surface area (Å²) in [6.45, 7) is 4.72. The van der Waals surface area contributed by atoms with Gasteiger partial charge in [-0.05, 0) is 45.0 Å². The van der Waals surface area contributed by atoms with E-state index < -0.39 is 30.6 Å². The van der Waals surface area contributed by atoms with Gasteiger partial charge in [-0.15, -0.1) is 0 Å². The van der Waals surface area contributed by atoms with Gasteiger partial charge in [0.2, 0.25) is 5.91 Å². The minimum absolute atomic E-state index is 0.320. The largest absolute Gasteiger partial charge is 0.479 e. The van der Waals surface area contributed by atoms with E-state index in [4.69, 9.17) is 14.7 Å². The Morgan fingerprint density at radius 2 is 1.84 bits per heavy atom. The van der Waals surface area contributed by atoms with E-state index in [1.165, 1.54) is 13.8 Å². The minimum atomic E-state index is -0.929. The van der Waals surface area contributed by atoms with Crippen LogP contribution in [0.5, 0.6) is 5.75 Å². The number of likely N-dealkylation sites (N-methyl/N-ethyl adjacent to an activating group) is 1. The molecule has 0 aliphatic carbocycles. The Kier molecular flexibility index (Phi) is 7.93. The molecule has 0 bridgehead atoms. The molecule has 0 fully saturated rings. The van der Waals surface area contributed by atoms with Gasteiger partial charge in [0.05, 0.1) is 11.6 Å². The number of amides is 2. The van der Waals surface area contributed by atoms with Crippen molar-refractivity contribution in [2.75, 3.05) is 13.2 Å². The lowest BCUT2D eigenvalue weighted by Gasteiger charge is -2.15. The van der Waals surface area contributed by atoms with Crippen LogP contribution in [0.4, 0.5) is 0 Å². The molecule has 2 N–H and O–H groups in total. The molecule has 0 spiro atoms. The lowest BCUT2D eigenvalue weighted by atomic mass is 10.2. The number of rotatable bonds is 8. The molecule has 0 aliphatic rings. The van der Waals surface area contributed by atoms with Crippen LogP contribution in [0.15, 0.2) is 24.3 Å². The second-order valence-electron chi connectivity index (χ2n) is 5.19. The first-order valence-electron chi connectivity index (χ1n) is 7.77. The van der Waals surface area contributed by atoms with Gasteiger partial charge in [-0.1, -0.05) is 0 Å². The summed E-state index contributed by atoms with van der Waals surface area (Å²) in [5.74, 6) is -1.22. The number of nitrogens with zero attached hydrogens (tertiary/aromatic N) is 1. The molecule has 1 aromatic rings. The number of carbonyl (C=O) groups is 3. The van der Waals surface area contributed by atoms with E-state index in [0.29, 0.717) is 17.9 Å². The lowest BCUT2D eigenvalue weighted by Crippen LogP contribution is -2.46. The Labute approximate surface area is 146 Å². The average Bonchev–Trinajstić information content (AvgIpc) is 2.60. The number of benzene rings is 1. The standard InChI is InChI=1S/C17H21N3O5/c1-4-19-16(22)11(2)20-15(21)10-24-17(23)12(3)25-14-7-5-13(9-18)6-8-14/h5-8,11-12H,4,10H2,1-3H3,(H,19,22)(H,20,21)/t11-,12+/m1/s1. The van der Waals surface area contributed by atoms with Crippen LogP contribution >= 0.6 is 0 Å². The highest BCUT2D eigenvalue weighted by atomic mass is 16.6. The highest BCUT2D eigenvalue weighted by molar-refractivity contribution is 5.88. The number of hydrogen-bond acceptors (Lipinski definition) is 6. The van der Waals surface area contributed by atoms with Crippen molar-refractivity contribution in [2.45, 2.75) is 32.9 Å². The van der Waals surface area contributed by atoms with Crippen LogP contribution < -0.4 is 15.4 Å². The van der Waals surface area contributed by atoms with Crippen LogP contribution in [-0.2, 0) is 19.1 Å². The van der Waals surface area contributed by atoms with Crippen molar-refractivity contribution in [1.29, 1.82) is 5.26 Å². The van der Waals surface area contributed by atoms with Crippen molar-refractivity contribution in [3.63, 3.8) is 0 Å². The van der Waals surface area contributed by atoms with Crippen LogP contribution in [0, 0.1) is 11.3 Å². The Hall–Kier alpha value is -3.08. The van der Waals surface area contributed by atoms with Crippen LogP contribution in [0.1, 0.15) is 26.3 Å². The van der Waals surface area contributed by atoms with E-state index in [1.54, 1.807) is 31.2 Å². The monoisotopic (exact) mass is 347 g/mol. The molecule has 1 rings (SSSR count). The van der Waals surface area contributed by atoms with Crippen molar-refractivity contribution in [1.82, 2.24) is 10.6 Å². The maximum absolute atomic E-state index is 11.8. The average molecular weight is 347 g/mol. The Balaban J connectivity index is 2.40. The highest BCUT2D eigenvalue weighted by Gasteiger charge is 2.19. The van der Waals surface area contributed by atoms with Gasteiger partial charge in [-0.25, -0.2) is 4.79 Å². The minimum Gasteiger partial charge on any atom is -0.479 e. The van der Waals surface area contributed by atoms with E-state index in [9.17, 15) is 14.4 Å². The molecule has 0 saturated carbocycles. The van der Waals surface area contributed by atoms with Gasteiger partial charge in [-0.3, -0.25) is 9.59 Å². The van der Waals surface area contributed by atoms with Crippen LogP contribution in [0.2, 0.25) is 0 Å². The summed E-state index contributed by atoms with van der Waals surface area (Å²) in [4.78, 5) is 35.0. The molecule has 8 heteroatoms. The van der Waals surface area contributed by atoms with Gasteiger partial charge in [0, 0.05) is 6.54 Å². The number of ether oxygens (including phenoxy) is 2. The zero-order valence-corrected chi connectivity index (χ0v) is 14.4. The quantitative estimate of drug-likeness (QED) is 0.662. The fraction of sp³-hybridized carbons (Fsp3) is 0.412. The molecule has 0 aliphatic heterocycles.